The van der Waals surface area contributed by atoms with Crippen molar-refractivity contribution in [2.75, 3.05) is 7.11 Å². The molecule has 3 aromatic rings. The third-order valence-corrected chi connectivity index (χ3v) is 4.68. The Labute approximate surface area is 125 Å². The number of aromatic nitrogens is 1. The van der Waals surface area contributed by atoms with Crippen LogP contribution < -0.4 is 9.61 Å². The molecule has 0 spiro atoms. The molecule has 2 N–H and O–H groups in total. The number of rotatable bonds is 3. The van der Waals surface area contributed by atoms with Crippen LogP contribution in [0.15, 0.2) is 41.2 Å². The van der Waals surface area contributed by atoms with E-state index in [0.717, 1.165) is 33.4 Å². The largest absolute Gasteiger partial charge is 0.497 e. The van der Waals surface area contributed by atoms with Crippen LogP contribution in [-0.2, 0) is 0 Å². The summed E-state index contributed by atoms with van der Waals surface area (Å²) in [4.78, 5) is 14.2. The van der Waals surface area contributed by atoms with E-state index in [0.29, 0.717) is 4.88 Å². The molecule has 0 amide bonds. The smallest absolute Gasteiger partial charge is 0.307 e. The zero-order chi connectivity index (χ0) is 15.0. The molecule has 21 heavy (non-hydrogen) atoms. The molecule has 0 fully saturated rings. The van der Waals surface area contributed by atoms with Crippen LogP contribution in [-0.4, -0.2) is 17.2 Å². The first-order chi connectivity index (χ1) is 10.1. The Kier molecular flexibility index (Phi) is 3.43. The van der Waals surface area contributed by atoms with Gasteiger partial charge in [-0.3, -0.25) is 9.78 Å². The van der Waals surface area contributed by atoms with Crippen molar-refractivity contribution in [1.29, 1.82) is 0 Å². The van der Waals surface area contributed by atoms with Crippen molar-refractivity contribution in [3.63, 3.8) is 0 Å². The molecule has 4 nitrogen and oxygen atoms in total. The molecule has 2 aromatic carbocycles. The fourth-order valence-corrected chi connectivity index (χ4v) is 3.22. The van der Waals surface area contributed by atoms with E-state index in [1.807, 2.05) is 37.3 Å². The average molecular weight is 301 g/mol. The van der Waals surface area contributed by atoms with Gasteiger partial charge < -0.3 is 9.84 Å². The summed E-state index contributed by atoms with van der Waals surface area (Å²) in [7, 11) is 1.65. The number of aromatic hydroxyl groups is 1. The fraction of sp³-hybridized carbons (Fsp3) is 0.188. The highest BCUT2D eigenvalue weighted by Crippen LogP contribution is 2.33. The number of nitrogens with one attached hydrogen (secondary N) is 1. The van der Waals surface area contributed by atoms with Crippen molar-refractivity contribution in [3.8, 4) is 11.6 Å². The molecular formula is C16H15NO3S. The number of aromatic amines is 1. The lowest BCUT2D eigenvalue weighted by molar-refractivity contribution is 0.415. The SMILES string of the molecule is COc1ccc2cc(C(C)c3sc(=O)[nH]c3O)ccc2c1. The normalized spacial score (nSPS) is 12.5. The molecule has 0 aliphatic carbocycles. The first kappa shape index (κ1) is 13.7. The lowest BCUT2D eigenvalue weighted by Gasteiger charge is -2.11. The lowest BCUT2D eigenvalue weighted by Crippen LogP contribution is -1.94. The van der Waals surface area contributed by atoms with Crippen LogP contribution in [0, 0.1) is 0 Å². The van der Waals surface area contributed by atoms with Crippen LogP contribution >= 0.6 is 11.3 Å². The molecule has 0 bridgehead atoms. The Bertz CT molecular complexity index is 850. The average Bonchev–Trinajstić information content (AvgIpc) is 2.84. The second-order valence-corrected chi connectivity index (χ2v) is 5.94. The van der Waals surface area contributed by atoms with E-state index in [4.69, 9.17) is 4.74 Å². The second-order valence-electron chi connectivity index (χ2n) is 4.92. The number of ether oxygens (including phenoxy) is 1. The van der Waals surface area contributed by atoms with Crippen LogP contribution in [0.3, 0.4) is 0 Å². The van der Waals surface area contributed by atoms with Gasteiger partial charge in [0.25, 0.3) is 0 Å². The van der Waals surface area contributed by atoms with Crippen molar-refractivity contribution >= 4 is 22.1 Å². The fourth-order valence-electron chi connectivity index (χ4n) is 2.42. The highest BCUT2D eigenvalue weighted by molar-refractivity contribution is 7.09. The van der Waals surface area contributed by atoms with Gasteiger partial charge in [-0.05, 0) is 28.5 Å². The number of fused-ring (bicyclic) bond motifs is 1. The van der Waals surface area contributed by atoms with Crippen LogP contribution in [0.25, 0.3) is 10.8 Å². The summed E-state index contributed by atoms with van der Waals surface area (Å²) >= 11 is 1.05. The van der Waals surface area contributed by atoms with Crippen molar-refractivity contribution in [1.82, 2.24) is 4.98 Å². The summed E-state index contributed by atoms with van der Waals surface area (Å²) in [5, 5.41) is 12.0. The molecule has 0 saturated heterocycles. The highest BCUT2D eigenvalue weighted by Gasteiger charge is 2.16. The standard InChI is InChI=1S/C16H15NO3S/c1-9(14-15(18)17-16(19)21-14)10-3-4-12-8-13(20-2)6-5-11(12)7-10/h3-9,18H,1-2H3,(H,17,19). The molecule has 1 atom stereocenters. The van der Waals surface area contributed by atoms with Gasteiger partial charge in [0.2, 0.25) is 5.88 Å². The van der Waals surface area contributed by atoms with Crippen LogP contribution in [0.2, 0.25) is 0 Å². The lowest BCUT2D eigenvalue weighted by atomic mass is 9.96. The second kappa shape index (κ2) is 5.26. The maximum absolute atomic E-state index is 11.3. The van der Waals surface area contributed by atoms with Gasteiger partial charge in [-0.1, -0.05) is 42.5 Å². The van der Waals surface area contributed by atoms with Gasteiger partial charge in [0.1, 0.15) is 5.75 Å². The molecule has 108 valence electrons. The summed E-state index contributed by atoms with van der Waals surface area (Å²) in [6.45, 7) is 1.98. The van der Waals surface area contributed by atoms with Gasteiger partial charge in [0, 0.05) is 5.92 Å². The predicted octanol–water partition coefficient (Wildman–Crippen LogP) is 3.46. The molecule has 0 saturated carbocycles. The zero-order valence-corrected chi connectivity index (χ0v) is 12.5. The highest BCUT2D eigenvalue weighted by atomic mass is 32.1. The van der Waals surface area contributed by atoms with Gasteiger partial charge in [-0.15, -0.1) is 0 Å². The maximum Gasteiger partial charge on any atom is 0.307 e. The third kappa shape index (κ3) is 2.52. The number of hydrogen-bond acceptors (Lipinski definition) is 4. The van der Waals surface area contributed by atoms with E-state index in [1.165, 1.54) is 0 Å². The quantitative estimate of drug-likeness (QED) is 0.779. The Morgan fingerprint density at radius 1 is 1.19 bits per heavy atom. The third-order valence-electron chi connectivity index (χ3n) is 3.62. The Morgan fingerprint density at radius 3 is 2.57 bits per heavy atom. The van der Waals surface area contributed by atoms with Crippen molar-refractivity contribution in [3.05, 3.63) is 56.5 Å². The predicted molar refractivity (Wildman–Crippen MR) is 84.6 cm³/mol. The van der Waals surface area contributed by atoms with Gasteiger partial charge in [0.15, 0.2) is 0 Å². The van der Waals surface area contributed by atoms with Gasteiger partial charge >= 0.3 is 4.87 Å². The van der Waals surface area contributed by atoms with E-state index in [2.05, 4.69) is 11.1 Å². The van der Waals surface area contributed by atoms with Crippen LogP contribution in [0.1, 0.15) is 23.3 Å². The number of benzene rings is 2. The summed E-state index contributed by atoms with van der Waals surface area (Å²) < 4.78 is 5.22. The van der Waals surface area contributed by atoms with Gasteiger partial charge in [-0.25, -0.2) is 0 Å². The van der Waals surface area contributed by atoms with Crippen LogP contribution in [0.5, 0.6) is 11.6 Å². The Balaban J connectivity index is 2.04. The minimum absolute atomic E-state index is 0.0349. The van der Waals surface area contributed by atoms with Crippen molar-refractivity contribution < 1.29 is 9.84 Å². The molecule has 3 rings (SSSR count). The molecule has 0 aliphatic heterocycles. The number of H-pyrrole nitrogens is 1. The summed E-state index contributed by atoms with van der Waals surface area (Å²) in [5.41, 5.74) is 1.05. The van der Waals surface area contributed by atoms with E-state index < -0.39 is 0 Å². The number of hydrogen-bond donors (Lipinski definition) is 2. The first-order valence-corrected chi connectivity index (χ1v) is 7.40. The first-order valence-electron chi connectivity index (χ1n) is 6.58. The molecule has 1 aromatic heterocycles. The Hall–Kier alpha value is -2.27. The van der Waals surface area contributed by atoms with Crippen LogP contribution in [0.4, 0.5) is 0 Å². The van der Waals surface area contributed by atoms with E-state index in [9.17, 15) is 9.90 Å². The maximum atomic E-state index is 11.3. The van der Waals surface area contributed by atoms with Crippen molar-refractivity contribution in [2.45, 2.75) is 12.8 Å². The summed E-state index contributed by atoms with van der Waals surface area (Å²) in [5.74, 6) is 0.748. The van der Waals surface area contributed by atoms with E-state index in [-0.39, 0.29) is 16.7 Å². The monoisotopic (exact) mass is 301 g/mol. The number of methoxy groups -OCH3 is 1. The number of thiazole rings is 1. The Morgan fingerprint density at radius 2 is 1.90 bits per heavy atom. The summed E-state index contributed by atoms with van der Waals surface area (Å²) in [6, 6.07) is 12.0. The molecule has 1 unspecified atom stereocenters. The van der Waals surface area contributed by atoms with E-state index in [1.54, 1.807) is 7.11 Å². The zero-order valence-electron chi connectivity index (χ0n) is 11.7. The van der Waals surface area contributed by atoms with Gasteiger partial charge in [0.05, 0.1) is 12.0 Å². The van der Waals surface area contributed by atoms with Crippen molar-refractivity contribution in [2.24, 2.45) is 0 Å². The van der Waals surface area contributed by atoms with Gasteiger partial charge in [-0.2, -0.15) is 0 Å². The minimum Gasteiger partial charge on any atom is -0.497 e. The molecule has 5 heteroatoms. The van der Waals surface area contributed by atoms with E-state index >= 15 is 0 Å². The summed E-state index contributed by atoms with van der Waals surface area (Å²) in [6.07, 6.45) is 0. The molecular weight excluding hydrogens is 286 g/mol. The molecule has 0 radical (unpaired) electrons. The topological polar surface area (TPSA) is 62.3 Å². The molecule has 1 heterocycles. The molecule has 0 aliphatic rings. The minimum atomic E-state index is -0.236.